The molecular weight excluding hydrogens is 751 g/mol. The number of allylic oxidation sites excluding steroid dienone is 6. The Morgan fingerprint density at radius 2 is 1.62 bits per heavy atom. The van der Waals surface area contributed by atoms with E-state index in [9.17, 15) is 19.2 Å². The summed E-state index contributed by atoms with van der Waals surface area (Å²) in [6.45, 7) is 11.9. The summed E-state index contributed by atoms with van der Waals surface area (Å²) >= 11 is 0. The van der Waals surface area contributed by atoms with Crippen molar-refractivity contribution in [1.29, 1.82) is 0 Å². The van der Waals surface area contributed by atoms with Crippen LogP contribution in [0, 0.1) is 0 Å². The molecule has 0 fully saturated rings. The van der Waals surface area contributed by atoms with Crippen LogP contribution >= 0.6 is 0 Å². The first-order valence-electron chi connectivity index (χ1n) is 20.3. The molecule has 1 amide bonds. The van der Waals surface area contributed by atoms with E-state index in [1.54, 1.807) is 35.5 Å². The van der Waals surface area contributed by atoms with Crippen molar-refractivity contribution in [3.8, 4) is 11.1 Å². The lowest BCUT2D eigenvalue weighted by Crippen LogP contribution is -2.35. The van der Waals surface area contributed by atoms with Gasteiger partial charge >= 0.3 is 0 Å². The molecule has 0 spiro atoms. The van der Waals surface area contributed by atoms with Crippen molar-refractivity contribution in [2.24, 2.45) is 20.8 Å². The molecule has 0 atom stereocenters. The molecule has 60 heavy (non-hydrogen) atoms. The van der Waals surface area contributed by atoms with Crippen molar-refractivity contribution < 1.29 is 19.2 Å². The topological polar surface area (TPSA) is 150 Å². The number of nitrogens with two attached hydrogens (primary N) is 1. The number of carbonyl (C=O) groups excluding carboxylic acids is 4. The molecule has 0 saturated carbocycles. The van der Waals surface area contributed by atoms with Crippen LogP contribution in [0.5, 0.6) is 0 Å². The zero-order chi connectivity index (χ0) is 43.2. The zero-order valence-electron chi connectivity index (χ0n) is 35.4. The largest absolute Gasteiger partial charge is 0.387 e. The summed E-state index contributed by atoms with van der Waals surface area (Å²) in [5, 5.41) is 9.91. The highest BCUT2D eigenvalue weighted by molar-refractivity contribution is 6.06. The second-order valence-corrected chi connectivity index (χ2v) is 15.5. The van der Waals surface area contributed by atoms with Crippen molar-refractivity contribution in [3.05, 3.63) is 136 Å². The lowest BCUT2D eigenvalue weighted by molar-refractivity contribution is -0.127. The Balaban J connectivity index is 1.35. The highest BCUT2D eigenvalue weighted by atomic mass is 16.2. The molecule has 0 saturated heterocycles. The number of benzene rings is 3. The SMILES string of the molecule is C/C=C\C(=C/C1=CC=C(C=O)CC(=NC(C)(C)CN(C)/N=C\c2cc(-c3ccc4c(c3)N=C(N)CC(C(=O)N(CCC)CCC)=C4)ccc2C=O)N1)c1ccc(C=O)cc1. The summed E-state index contributed by atoms with van der Waals surface area (Å²) in [7, 11) is 1.85. The maximum Gasteiger partial charge on any atom is 0.250 e. The summed E-state index contributed by atoms with van der Waals surface area (Å²) in [5.74, 6) is 0.991. The average Bonchev–Trinajstić information content (AvgIpc) is 3.53. The van der Waals surface area contributed by atoms with E-state index >= 15 is 0 Å². The number of nitrogens with one attached hydrogen (secondary N) is 1. The number of amidine groups is 2. The Morgan fingerprint density at radius 3 is 2.28 bits per heavy atom. The minimum Gasteiger partial charge on any atom is -0.387 e. The molecule has 2 aliphatic heterocycles. The minimum atomic E-state index is -0.638. The molecule has 11 nitrogen and oxygen atoms in total. The minimum absolute atomic E-state index is 0.0117. The van der Waals surface area contributed by atoms with Gasteiger partial charge in [0, 0.05) is 66.5 Å². The van der Waals surface area contributed by atoms with Gasteiger partial charge in [-0.15, -0.1) is 0 Å². The third-order valence-electron chi connectivity index (χ3n) is 9.87. The monoisotopic (exact) mass is 805 g/mol. The third-order valence-corrected chi connectivity index (χ3v) is 9.87. The second kappa shape index (κ2) is 20.8. The number of hydrogen-bond donors (Lipinski definition) is 2. The normalized spacial score (nSPS) is 15.2. The first kappa shape index (κ1) is 44.4. The van der Waals surface area contributed by atoms with Crippen molar-refractivity contribution in [2.45, 2.75) is 65.8 Å². The maximum atomic E-state index is 13.5. The number of aliphatic imine (C=N–C) groups is 2. The molecule has 2 heterocycles. The first-order chi connectivity index (χ1) is 28.9. The number of carbonyl (C=O) groups is 4. The van der Waals surface area contributed by atoms with Gasteiger partial charge in [-0.25, -0.2) is 4.99 Å². The number of likely N-dealkylation sites (N-methyl/N-ethyl adjacent to an activating group) is 1. The number of aldehydes is 3. The van der Waals surface area contributed by atoms with Crippen LogP contribution in [0.25, 0.3) is 22.8 Å². The van der Waals surface area contributed by atoms with Gasteiger partial charge in [-0.3, -0.25) is 29.2 Å². The van der Waals surface area contributed by atoms with Gasteiger partial charge in [0.1, 0.15) is 24.2 Å². The molecule has 310 valence electrons. The van der Waals surface area contributed by atoms with Gasteiger partial charge in [0.25, 0.3) is 0 Å². The molecule has 0 unspecified atom stereocenters. The van der Waals surface area contributed by atoms with Crippen LogP contribution in [-0.2, 0) is 9.59 Å². The van der Waals surface area contributed by atoms with Gasteiger partial charge in [-0.1, -0.05) is 80.6 Å². The Hall–Kier alpha value is -6.75. The molecule has 3 aromatic rings. The second-order valence-electron chi connectivity index (χ2n) is 15.5. The van der Waals surface area contributed by atoms with E-state index in [1.807, 2.05) is 106 Å². The van der Waals surface area contributed by atoms with Crippen LogP contribution < -0.4 is 11.1 Å². The Bertz CT molecular complexity index is 2340. The first-order valence-corrected chi connectivity index (χ1v) is 20.3. The number of rotatable bonds is 17. The molecule has 2 aliphatic rings. The predicted octanol–water partition coefficient (Wildman–Crippen LogP) is 8.51. The predicted molar refractivity (Wildman–Crippen MR) is 245 cm³/mol. The summed E-state index contributed by atoms with van der Waals surface area (Å²) in [6, 6.07) is 18.8. The lowest BCUT2D eigenvalue weighted by Gasteiger charge is -2.26. The number of hydrazone groups is 1. The van der Waals surface area contributed by atoms with Crippen molar-refractivity contribution in [1.82, 2.24) is 15.2 Å². The van der Waals surface area contributed by atoms with E-state index in [4.69, 9.17) is 15.8 Å². The van der Waals surface area contributed by atoms with Crippen LogP contribution in [0.3, 0.4) is 0 Å². The van der Waals surface area contributed by atoms with E-state index in [1.165, 1.54) is 0 Å². The third kappa shape index (κ3) is 11.9. The van der Waals surface area contributed by atoms with Crippen LogP contribution in [0.15, 0.2) is 123 Å². The van der Waals surface area contributed by atoms with Gasteiger partial charge < -0.3 is 16.0 Å². The van der Waals surface area contributed by atoms with Crippen LogP contribution in [0.4, 0.5) is 5.69 Å². The summed E-state index contributed by atoms with van der Waals surface area (Å²) < 4.78 is 0. The van der Waals surface area contributed by atoms with E-state index in [0.29, 0.717) is 71.3 Å². The lowest BCUT2D eigenvalue weighted by atomic mass is 9.97. The van der Waals surface area contributed by atoms with Gasteiger partial charge in [0.15, 0.2) is 6.29 Å². The van der Waals surface area contributed by atoms with Gasteiger partial charge in [0.2, 0.25) is 5.91 Å². The van der Waals surface area contributed by atoms with Crippen molar-refractivity contribution in [2.75, 3.05) is 26.7 Å². The highest BCUT2D eigenvalue weighted by Crippen LogP contribution is 2.33. The fourth-order valence-corrected chi connectivity index (χ4v) is 7.16. The summed E-state index contributed by atoms with van der Waals surface area (Å²) in [6.07, 6.45) is 17.9. The van der Waals surface area contributed by atoms with E-state index in [-0.39, 0.29) is 12.3 Å². The zero-order valence-corrected chi connectivity index (χ0v) is 35.4. The quantitative estimate of drug-likeness (QED) is 0.0601. The summed E-state index contributed by atoms with van der Waals surface area (Å²) in [4.78, 5) is 60.4. The smallest absolute Gasteiger partial charge is 0.250 e. The van der Waals surface area contributed by atoms with Gasteiger partial charge in [-0.05, 0) is 91.8 Å². The molecule has 11 heteroatoms. The van der Waals surface area contributed by atoms with Gasteiger partial charge in [-0.2, -0.15) is 5.10 Å². The Labute approximate surface area is 353 Å². The van der Waals surface area contributed by atoms with Crippen molar-refractivity contribution in [3.63, 3.8) is 0 Å². The standard InChI is InChI=1S/C49H55N7O4/c1-7-10-37(36-14-11-34(30-57)12-15-36)26-44-20-13-35(31-58)23-47(52-44)54-49(4,5)33-55(6)51-29-43-24-38(17-19-41(43)32-59)39-16-18-40-25-42(28-46(50)53-45(40)27-39)48(60)56(21-8-2)22-9-3/h7,10-20,24-27,29-32H,8-9,21-23,28,33H2,1-6H3,(H2,50,53)(H,52,54)/b10-7-,37-26+,51-29-. The fraction of sp³-hybridized carbons (Fsp3) is 0.286. The maximum absolute atomic E-state index is 13.5. The number of amides is 1. The van der Waals surface area contributed by atoms with Crippen molar-refractivity contribution >= 4 is 60.0 Å². The van der Waals surface area contributed by atoms with E-state index in [2.05, 4.69) is 24.2 Å². The number of hydrogen-bond acceptors (Lipinski definition) is 9. The molecular formula is C49H55N7O4. The highest BCUT2D eigenvalue weighted by Gasteiger charge is 2.23. The molecule has 0 aromatic heterocycles. The fourth-order valence-electron chi connectivity index (χ4n) is 7.16. The Morgan fingerprint density at radius 1 is 0.900 bits per heavy atom. The van der Waals surface area contributed by atoms with Crippen LogP contribution in [0.1, 0.15) is 97.7 Å². The molecule has 5 rings (SSSR count). The van der Waals surface area contributed by atoms with Gasteiger partial charge in [0.05, 0.1) is 24.0 Å². The molecule has 0 bridgehead atoms. The number of nitrogens with zero attached hydrogens (tertiary/aromatic N) is 5. The molecule has 3 aromatic carbocycles. The average molecular weight is 806 g/mol. The Kier molecular flexibility index (Phi) is 15.4. The molecule has 0 aliphatic carbocycles. The molecule has 3 N–H and O–H groups in total. The van der Waals surface area contributed by atoms with E-state index < -0.39 is 5.54 Å². The van der Waals surface area contributed by atoms with Crippen LogP contribution in [0.2, 0.25) is 0 Å². The number of fused-ring (bicyclic) bond motifs is 1. The van der Waals surface area contributed by atoms with E-state index in [0.717, 1.165) is 65.2 Å². The van der Waals surface area contributed by atoms with Crippen LogP contribution in [-0.4, -0.2) is 84.8 Å². The summed E-state index contributed by atoms with van der Waals surface area (Å²) in [5.41, 5.74) is 14.5. The molecule has 0 radical (unpaired) electrons.